The topological polar surface area (TPSA) is 37.3 Å². The molecule has 0 radical (unpaired) electrons. The highest BCUT2D eigenvalue weighted by atomic mass is 35.5. The molecule has 21 heavy (non-hydrogen) atoms. The molecule has 0 heterocycles. The maximum absolute atomic E-state index is 11.4. The van der Waals surface area contributed by atoms with E-state index in [1.807, 2.05) is 0 Å². The lowest BCUT2D eigenvalue weighted by atomic mass is 10.1. The number of hydrogen-bond donors (Lipinski definition) is 1. The minimum atomic E-state index is -0.897. The highest BCUT2D eigenvalue weighted by Crippen LogP contribution is 2.31. The average molecular weight is 362 g/mol. The molecule has 2 nitrogen and oxygen atoms in total. The first-order chi connectivity index (χ1) is 9.97. The van der Waals surface area contributed by atoms with Crippen molar-refractivity contribution in [3.63, 3.8) is 0 Å². The van der Waals surface area contributed by atoms with Gasteiger partial charge in [0.25, 0.3) is 0 Å². The number of thioether (sulfide) groups is 1. The van der Waals surface area contributed by atoms with Crippen LogP contribution in [0.25, 0.3) is 0 Å². The van der Waals surface area contributed by atoms with Gasteiger partial charge in [-0.1, -0.05) is 46.9 Å². The van der Waals surface area contributed by atoms with Gasteiger partial charge < -0.3 is 5.11 Å². The largest absolute Gasteiger partial charge is 0.480 e. The number of hydrogen-bond acceptors (Lipinski definition) is 2. The first-order valence-corrected chi connectivity index (χ1v) is 8.06. The standard InChI is InChI=1S/C15H11Cl3O2S/c16-10-4-6-11(7-5-10)21-13(15(19)20)8-9-2-1-3-12(17)14(9)18/h1-7,13H,8H2,(H,19,20)/t13-/m0/s1. The Hall–Kier alpha value is -0.870. The zero-order chi connectivity index (χ0) is 15.4. The number of carboxylic acid groups (broad SMARTS) is 1. The SMILES string of the molecule is O=C(O)[C@H](Cc1cccc(Cl)c1Cl)Sc1ccc(Cl)cc1. The van der Waals surface area contributed by atoms with Crippen LogP contribution in [0.3, 0.4) is 0 Å². The smallest absolute Gasteiger partial charge is 0.317 e. The lowest BCUT2D eigenvalue weighted by Crippen LogP contribution is -2.19. The molecular formula is C15H11Cl3O2S. The van der Waals surface area contributed by atoms with E-state index < -0.39 is 11.2 Å². The molecule has 6 heteroatoms. The third-order valence-electron chi connectivity index (χ3n) is 2.80. The summed E-state index contributed by atoms with van der Waals surface area (Å²) in [5.41, 5.74) is 0.720. The van der Waals surface area contributed by atoms with E-state index in [2.05, 4.69) is 0 Å². The van der Waals surface area contributed by atoms with E-state index in [-0.39, 0.29) is 0 Å². The van der Waals surface area contributed by atoms with Crippen molar-refractivity contribution in [2.24, 2.45) is 0 Å². The number of rotatable bonds is 5. The molecule has 0 saturated heterocycles. The summed E-state index contributed by atoms with van der Waals surface area (Å²) in [5, 5.41) is 10.2. The van der Waals surface area contributed by atoms with Gasteiger partial charge in [-0.3, -0.25) is 4.79 Å². The summed E-state index contributed by atoms with van der Waals surface area (Å²) in [4.78, 5) is 12.3. The van der Waals surface area contributed by atoms with Crippen LogP contribution in [0.1, 0.15) is 5.56 Å². The number of carboxylic acids is 1. The maximum Gasteiger partial charge on any atom is 0.317 e. The summed E-state index contributed by atoms with van der Waals surface area (Å²) in [6, 6.07) is 12.3. The molecule has 0 aliphatic heterocycles. The molecule has 0 saturated carbocycles. The number of aliphatic carboxylic acids is 1. The van der Waals surface area contributed by atoms with Gasteiger partial charge in [0.15, 0.2) is 0 Å². The fourth-order valence-electron chi connectivity index (χ4n) is 1.76. The van der Waals surface area contributed by atoms with Crippen LogP contribution in [0.2, 0.25) is 15.1 Å². The van der Waals surface area contributed by atoms with Crippen LogP contribution in [0, 0.1) is 0 Å². The van der Waals surface area contributed by atoms with E-state index in [1.165, 1.54) is 11.8 Å². The molecule has 110 valence electrons. The van der Waals surface area contributed by atoms with Gasteiger partial charge in [0.2, 0.25) is 0 Å². The highest BCUT2D eigenvalue weighted by Gasteiger charge is 2.21. The Balaban J connectivity index is 2.18. The van der Waals surface area contributed by atoms with Gasteiger partial charge in [0, 0.05) is 9.92 Å². The first kappa shape index (κ1) is 16.5. The van der Waals surface area contributed by atoms with Gasteiger partial charge in [-0.05, 0) is 42.3 Å². The maximum atomic E-state index is 11.4. The Morgan fingerprint density at radius 3 is 2.38 bits per heavy atom. The second-order valence-corrected chi connectivity index (χ2v) is 6.81. The fourth-order valence-corrected chi connectivity index (χ4v) is 3.27. The van der Waals surface area contributed by atoms with Gasteiger partial charge in [0.05, 0.1) is 10.0 Å². The van der Waals surface area contributed by atoms with Crippen molar-refractivity contribution in [1.82, 2.24) is 0 Å². The van der Waals surface area contributed by atoms with E-state index in [1.54, 1.807) is 42.5 Å². The second kappa shape index (κ2) is 7.41. The lowest BCUT2D eigenvalue weighted by Gasteiger charge is -2.13. The van der Waals surface area contributed by atoms with E-state index >= 15 is 0 Å². The summed E-state index contributed by atoms with van der Waals surface area (Å²) in [6.45, 7) is 0. The molecule has 1 atom stereocenters. The van der Waals surface area contributed by atoms with Gasteiger partial charge >= 0.3 is 5.97 Å². The van der Waals surface area contributed by atoms with Crippen LogP contribution in [0.5, 0.6) is 0 Å². The predicted molar refractivity (Wildman–Crippen MR) is 88.9 cm³/mol. The van der Waals surface area contributed by atoms with Crippen molar-refractivity contribution in [3.8, 4) is 0 Å². The fraction of sp³-hybridized carbons (Fsp3) is 0.133. The molecule has 0 unspecified atom stereocenters. The summed E-state index contributed by atoms with van der Waals surface area (Å²) >= 11 is 19.1. The Morgan fingerprint density at radius 1 is 1.10 bits per heavy atom. The second-order valence-electron chi connectivity index (χ2n) is 4.32. The van der Waals surface area contributed by atoms with E-state index in [0.717, 1.165) is 10.5 Å². The van der Waals surface area contributed by atoms with Gasteiger partial charge in [-0.25, -0.2) is 0 Å². The molecule has 1 N–H and O–H groups in total. The number of benzene rings is 2. The van der Waals surface area contributed by atoms with Crippen LogP contribution in [-0.4, -0.2) is 16.3 Å². The van der Waals surface area contributed by atoms with Gasteiger partial charge in [0.1, 0.15) is 5.25 Å². The van der Waals surface area contributed by atoms with Crippen molar-refractivity contribution in [1.29, 1.82) is 0 Å². The summed E-state index contributed by atoms with van der Waals surface area (Å²) < 4.78 is 0. The molecule has 2 aromatic rings. The van der Waals surface area contributed by atoms with E-state index in [4.69, 9.17) is 34.8 Å². The van der Waals surface area contributed by atoms with Crippen molar-refractivity contribution in [2.45, 2.75) is 16.6 Å². The number of carbonyl (C=O) groups is 1. The molecular weight excluding hydrogens is 351 g/mol. The van der Waals surface area contributed by atoms with Gasteiger partial charge in [-0.2, -0.15) is 0 Å². The summed E-state index contributed by atoms with van der Waals surface area (Å²) in [7, 11) is 0. The molecule has 0 spiro atoms. The zero-order valence-corrected chi connectivity index (χ0v) is 13.8. The monoisotopic (exact) mass is 360 g/mol. The van der Waals surface area contributed by atoms with Crippen molar-refractivity contribution < 1.29 is 9.90 Å². The van der Waals surface area contributed by atoms with Crippen molar-refractivity contribution >= 4 is 52.5 Å². The third-order valence-corrected chi connectivity index (χ3v) is 5.11. The van der Waals surface area contributed by atoms with Crippen LogP contribution >= 0.6 is 46.6 Å². The van der Waals surface area contributed by atoms with Gasteiger partial charge in [-0.15, -0.1) is 11.8 Å². The van der Waals surface area contributed by atoms with Crippen molar-refractivity contribution in [2.75, 3.05) is 0 Å². The summed E-state index contributed by atoms with van der Waals surface area (Å²) in [6.07, 6.45) is 0.294. The predicted octanol–water partition coefficient (Wildman–Crippen LogP) is 5.43. The highest BCUT2D eigenvalue weighted by molar-refractivity contribution is 8.00. The Labute approximate surface area is 142 Å². The lowest BCUT2D eigenvalue weighted by molar-refractivity contribution is -0.136. The van der Waals surface area contributed by atoms with Crippen LogP contribution in [0.4, 0.5) is 0 Å². The molecule has 0 aliphatic carbocycles. The molecule has 0 fully saturated rings. The van der Waals surface area contributed by atoms with Crippen LogP contribution in [-0.2, 0) is 11.2 Å². The Kier molecular flexibility index (Phi) is 5.82. The molecule has 0 amide bonds. The average Bonchev–Trinajstić information content (AvgIpc) is 2.45. The molecule has 2 aromatic carbocycles. The Morgan fingerprint density at radius 2 is 1.76 bits per heavy atom. The quantitative estimate of drug-likeness (QED) is 0.721. The molecule has 2 rings (SSSR count). The summed E-state index contributed by atoms with van der Waals surface area (Å²) in [5.74, 6) is -0.897. The molecule has 0 bridgehead atoms. The first-order valence-electron chi connectivity index (χ1n) is 6.05. The number of halogens is 3. The van der Waals surface area contributed by atoms with E-state index in [0.29, 0.717) is 21.5 Å². The minimum Gasteiger partial charge on any atom is -0.480 e. The minimum absolute atomic E-state index is 0.294. The zero-order valence-electron chi connectivity index (χ0n) is 10.7. The molecule has 0 aromatic heterocycles. The van der Waals surface area contributed by atoms with E-state index in [9.17, 15) is 9.90 Å². The third kappa shape index (κ3) is 4.55. The Bertz CT molecular complexity index is 644. The molecule has 0 aliphatic rings. The van der Waals surface area contributed by atoms with Crippen LogP contribution in [0.15, 0.2) is 47.4 Å². The van der Waals surface area contributed by atoms with Crippen molar-refractivity contribution in [3.05, 3.63) is 63.1 Å². The van der Waals surface area contributed by atoms with Crippen LogP contribution < -0.4 is 0 Å². The normalized spacial score (nSPS) is 12.1.